The van der Waals surface area contributed by atoms with Crippen molar-refractivity contribution in [1.29, 1.82) is 0 Å². The molecule has 1 aliphatic rings. The number of carbonyl (C=O) groups is 1. The van der Waals surface area contributed by atoms with E-state index < -0.39 is 0 Å². The Bertz CT molecular complexity index is 744. The second-order valence-corrected chi connectivity index (χ2v) is 5.52. The van der Waals surface area contributed by atoms with Crippen LogP contribution < -0.4 is 10.3 Å². The van der Waals surface area contributed by atoms with E-state index in [1.54, 1.807) is 42.5 Å². The number of hydrogen-bond acceptors (Lipinski definition) is 5. The summed E-state index contributed by atoms with van der Waals surface area (Å²) in [5.74, 6) is 0.247. The van der Waals surface area contributed by atoms with Crippen molar-refractivity contribution in [2.75, 3.05) is 13.1 Å². The van der Waals surface area contributed by atoms with E-state index in [2.05, 4.69) is 9.97 Å². The lowest BCUT2D eigenvalue weighted by Crippen LogP contribution is -2.46. The third-order valence-corrected chi connectivity index (χ3v) is 3.86. The van der Waals surface area contributed by atoms with Crippen LogP contribution in [0.25, 0.3) is 0 Å². The number of nitrogens with zero attached hydrogens (tertiary/aromatic N) is 4. The number of likely N-dealkylation sites (tertiary alicyclic amines) is 1. The Morgan fingerprint density at radius 3 is 3.04 bits per heavy atom. The molecule has 0 aromatic carbocycles. The average Bonchev–Trinajstić information content (AvgIpc) is 2.58. The number of ether oxygens (including phenoxy) is 1. The van der Waals surface area contributed by atoms with Gasteiger partial charge < -0.3 is 14.2 Å². The zero-order valence-electron chi connectivity index (χ0n) is 12.9. The predicted octanol–water partition coefficient (Wildman–Crippen LogP) is 0.859. The van der Waals surface area contributed by atoms with Crippen LogP contribution in [-0.4, -0.2) is 44.5 Å². The van der Waals surface area contributed by atoms with Gasteiger partial charge >= 0.3 is 0 Å². The van der Waals surface area contributed by atoms with Gasteiger partial charge in [-0.15, -0.1) is 0 Å². The van der Waals surface area contributed by atoms with Crippen LogP contribution in [0.5, 0.6) is 5.88 Å². The molecule has 1 saturated heterocycles. The maximum absolute atomic E-state index is 12.6. The Kier molecular flexibility index (Phi) is 4.36. The minimum atomic E-state index is -0.281. The van der Waals surface area contributed by atoms with Crippen molar-refractivity contribution < 1.29 is 9.53 Å². The van der Waals surface area contributed by atoms with Crippen molar-refractivity contribution in [1.82, 2.24) is 19.4 Å². The zero-order chi connectivity index (χ0) is 16.2. The van der Waals surface area contributed by atoms with Crippen LogP contribution in [-0.2, 0) is 7.05 Å². The van der Waals surface area contributed by atoms with E-state index in [9.17, 15) is 9.59 Å². The smallest absolute Gasteiger partial charge is 0.263 e. The second kappa shape index (κ2) is 6.60. The lowest BCUT2D eigenvalue weighted by atomic mass is 10.1. The minimum absolute atomic E-state index is 0.129. The van der Waals surface area contributed by atoms with Crippen molar-refractivity contribution in [2.24, 2.45) is 7.05 Å². The molecule has 0 aliphatic carbocycles. The molecule has 7 nitrogen and oxygen atoms in total. The first kappa shape index (κ1) is 15.2. The van der Waals surface area contributed by atoms with Gasteiger partial charge in [-0.2, -0.15) is 0 Å². The van der Waals surface area contributed by atoms with Crippen LogP contribution in [0.1, 0.15) is 23.2 Å². The Morgan fingerprint density at radius 2 is 2.26 bits per heavy atom. The normalized spacial score (nSPS) is 17.8. The van der Waals surface area contributed by atoms with Crippen molar-refractivity contribution in [3.8, 4) is 5.88 Å². The number of hydrogen-bond donors (Lipinski definition) is 0. The zero-order valence-corrected chi connectivity index (χ0v) is 12.9. The summed E-state index contributed by atoms with van der Waals surface area (Å²) in [6.45, 7) is 1.07. The van der Waals surface area contributed by atoms with Crippen LogP contribution >= 0.6 is 0 Å². The summed E-state index contributed by atoms with van der Waals surface area (Å²) in [6, 6.07) is 4.96. The molecule has 1 atom stereocenters. The number of aromatic nitrogens is 3. The van der Waals surface area contributed by atoms with Crippen molar-refractivity contribution in [3.63, 3.8) is 0 Å². The molecule has 2 aromatic heterocycles. The molecule has 0 saturated carbocycles. The molecule has 7 heteroatoms. The largest absolute Gasteiger partial charge is 0.472 e. The van der Waals surface area contributed by atoms with Crippen molar-refractivity contribution >= 4 is 5.91 Å². The number of aryl methyl sites for hydroxylation is 1. The van der Waals surface area contributed by atoms with Crippen LogP contribution in [0.3, 0.4) is 0 Å². The lowest BCUT2D eigenvalue weighted by Gasteiger charge is -2.32. The first-order valence-corrected chi connectivity index (χ1v) is 7.53. The summed E-state index contributed by atoms with van der Waals surface area (Å²) in [5.41, 5.74) is -0.0889. The molecule has 0 radical (unpaired) electrons. The molecular formula is C16H18N4O3. The van der Waals surface area contributed by atoms with E-state index in [1.165, 1.54) is 10.9 Å². The Hall–Kier alpha value is -2.70. The molecule has 0 bridgehead atoms. The molecular weight excluding hydrogens is 296 g/mol. The fourth-order valence-electron chi connectivity index (χ4n) is 2.67. The van der Waals surface area contributed by atoms with Crippen LogP contribution in [0.15, 0.2) is 41.7 Å². The highest BCUT2D eigenvalue weighted by Gasteiger charge is 2.27. The predicted molar refractivity (Wildman–Crippen MR) is 83.3 cm³/mol. The standard InChI is InChI=1S/C16H18N4O3/c1-19-8-3-5-13(15(19)21)16(22)20-9-2-4-12(10-20)23-14-6-7-17-11-18-14/h3,5-8,11-12H,2,4,9-10H2,1H3. The van der Waals surface area contributed by atoms with E-state index in [4.69, 9.17) is 4.74 Å². The quantitative estimate of drug-likeness (QED) is 0.840. The van der Waals surface area contributed by atoms with E-state index >= 15 is 0 Å². The molecule has 1 aliphatic heterocycles. The molecule has 0 spiro atoms. The van der Waals surface area contributed by atoms with Gasteiger partial charge in [0.1, 0.15) is 18.0 Å². The summed E-state index contributed by atoms with van der Waals surface area (Å²) in [5, 5.41) is 0. The highest BCUT2D eigenvalue weighted by atomic mass is 16.5. The minimum Gasteiger partial charge on any atom is -0.472 e. The molecule has 1 amide bonds. The number of amides is 1. The number of rotatable bonds is 3. The SMILES string of the molecule is Cn1cccc(C(=O)N2CCCC(Oc3ccncn3)C2)c1=O. The third kappa shape index (κ3) is 3.39. The summed E-state index contributed by atoms with van der Waals surface area (Å²) in [6.07, 6.45) is 6.22. The fourth-order valence-corrected chi connectivity index (χ4v) is 2.67. The van der Waals surface area contributed by atoms with E-state index in [0.29, 0.717) is 19.0 Å². The van der Waals surface area contributed by atoms with Gasteiger partial charge in [-0.05, 0) is 25.0 Å². The van der Waals surface area contributed by atoms with E-state index in [-0.39, 0.29) is 23.1 Å². The van der Waals surface area contributed by atoms with Gasteiger partial charge in [0.25, 0.3) is 11.5 Å². The Labute approximate surface area is 133 Å². The maximum Gasteiger partial charge on any atom is 0.263 e. The summed E-state index contributed by atoms with van der Waals surface area (Å²) < 4.78 is 7.21. The van der Waals surface area contributed by atoms with Gasteiger partial charge in [-0.1, -0.05) is 0 Å². The van der Waals surface area contributed by atoms with Crippen molar-refractivity contribution in [3.05, 3.63) is 52.8 Å². The number of pyridine rings is 1. The van der Waals surface area contributed by atoms with Gasteiger partial charge in [0, 0.05) is 32.1 Å². The first-order chi connectivity index (χ1) is 11.1. The second-order valence-electron chi connectivity index (χ2n) is 5.52. The van der Waals surface area contributed by atoms with Gasteiger partial charge in [-0.25, -0.2) is 9.97 Å². The van der Waals surface area contributed by atoms with Gasteiger partial charge in [0.2, 0.25) is 5.88 Å². The molecule has 23 heavy (non-hydrogen) atoms. The summed E-state index contributed by atoms with van der Waals surface area (Å²) in [7, 11) is 1.64. The highest BCUT2D eigenvalue weighted by Crippen LogP contribution is 2.17. The first-order valence-electron chi connectivity index (χ1n) is 7.53. The van der Waals surface area contributed by atoms with Crippen molar-refractivity contribution in [2.45, 2.75) is 18.9 Å². The molecule has 2 aromatic rings. The average molecular weight is 314 g/mol. The van der Waals surface area contributed by atoms with Gasteiger partial charge in [0.05, 0.1) is 6.54 Å². The van der Waals surface area contributed by atoms with E-state index in [1.807, 2.05) is 0 Å². The molecule has 1 unspecified atom stereocenters. The molecule has 1 fully saturated rings. The molecule has 3 heterocycles. The maximum atomic E-state index is 12.6. The summed E-state index contributed by atoms with van der Waals surface area (Å²) >= 11 is 0. The Morgan fingerprint density at radius 1 is 1.39 bits per heavy atom. The topological polar surface area (TPSA) is 77.3 Å². The number of carbonyl (C=O) groups excluding carboxylic acids is 1. The molecule has 3 rings (SSSR count). The van der Waals surface area contributed by atoms with Crippen LogP contribution in [0.4, 0.5) is 0 Å². The molecule has 120 valence electrons. The fraction of sp³-hybridized carbons (Fsp3) is 0.375. The summed E-state index contributed by atoms with van der Waals surface area (Å²) in [4.78, 5) is 34.3. The third-order valence-electron chi connectivity index (χ3n) is 3.86. The number of piperidine rings is 1. The van der Waals surface area contributed by atoms with E-state index in [0.717, 1.165) is 12.8 Å². The lowest BCUT2D eigenvalue weighted by molar-refractivity contribution is 0.0525. The van der Waals surface area contributed by atoms with Crippen LogP contribution in [0.2, 0.25) is 0 Å². The van der Waals surface area contributed by atoms with Crippen LogP contribution in [0, 0.1) is 0 Å². The molecule has 0 N–H and O–H groups in total. The van der Waals surface area contributed by atoms with Gasteiger partial charge in [0.15, 0.2) is 0 Å². The monoisotopic (exact) mass is 314 g/mol. The Balaban J connectivity index is 1.72. The highest BCUT2D eigenvalue weighted by molar-refractivity contribution is 5.93. The van der Waals surface area contributed by atoms with Gasteiger partial charge in [-0.3, -0.25) is 9.59 Å².